The first-order valence-electron chi connectivity index (χ1n) is 2.97. The third-order valence-electron chi connectivity index (χ3n) is 1.11. The molecule has 0 aliphatic rings. The van der Waals surface area contributed by atoms with Crippen molar-refractivity contribution in [1.82, 2.24) is 0 Å². The van der Waals surface area contributed by atoms with Crippen molar-refractivity contribution >= 4 is 16.0 Å². The third-order valence-corrected chi connectivity index (χ3v) is 1.58. The maximum Gasteiger partial charge on any atom is 1.00 e. The van der Waals surface area contributed by atoms with Gasteiger partial charge in [-0.05, 0) is 12.1 Å². The summed E-state index contributed by atoms with van der Waals surface area (Å²) >= 11 is 0. The Balaban J connectivity index is 0.00000144. The zero-order valence-electron chi connectivity index (χ0n) is 6.82. The van der Waals surface area contributed by atoms with Crippen LogP contribution in [0, 0.1) is 5.82 Å². The van der Waals surface area contributed by atoms with E-state index in [9.17, 15) is 17.4 Å². The van der Waals surface area contributed by atoms with E-state index in [0.717, 1.165) is 12.1 Å². The van der Waals surface area contributed by atoms with Crippen molar-refractivity contribution in [2.24, 2.45) is 0 Å². The number of nitrogens with one attached hydrogen (secondary N) is 1. The maximum absolute atomic E-state index is 12.7. The van der Waals surface area contributed by atoms with Gasteiger partial charge in [-0.1, -0.05) is 12.1 Å². The molecule has 4 nitrogen and oxygen atoms in total. The van der Waals surface area contributed by atoms with Crippen molar-refractivity contribution in [3.63, 3.8) is 0 Å². The van der Waals surface area contributed by atoms with Gasteiger partial charge < -0.3 is 4.55 Å². The van der Waals surface area contributed by atoms with Gasteiger partial charge in [-0.2, -0.15) is 0 Å². The van der Waals surface area contributed by atoms with Gasteiger partial charge in [-0.15, -0.1) is 0 Å². The molecule has 0 heterocycles. The third kappa shape index (κ3) is 4.58. The Labute approximate surface area is 97.3 Å². The molecule has 0 saturated heterocycles. The fourth-order valence-corrected chi connectivity index (χ4v) is 1.11. The number of hydrogen-bond donors (Lipinski definition) is 1. The van der Waals surface area contributed by atoms with E-state index in [-0.39, 0.29) is 35.2 Å². The van der Waals surface area contributed by atoms with Gasteiger partial charge in [-0.25, -0.2) is 12.8 Å². The smallest absolute Gasteiger partial charge is 0.731 e. The number of hydrogen-bond acceptors (Lipinski definition) is 3. The molecule has 0 aliphatic heterocycles. The molecule has 1 rings (SSSR count). The second-order valence-electron chi connectivity index (χ2n) is 2.04. The molecule has 0 aliphatic carbocycles. The molecular weight excluding hydrogens is 208 g/mol. The van der Waals surface area contributed by atoms with Crippen LogP contribution in [0.5, 0.6) is 0 Å². The first-order valence-corrected chi connectivity index (χ1v) is 4.38. The van der Waals surface area contributed by atoms with E-state index in [2.05, 4.69) is 0 Å². The number of halogens is 1. The number of para-hydroxylation sites is 1. The summed E-state index contributed by atoms with van der Waals surface area (Å²) in [6.45, 7) is 0. The van der Waals surface area contributed by atoms with E-state index < -0.39 is 16.1 Å². The average molecular weight is 213 g/mol. The Bertz CT molecular complexity index is 381. The molecule has 1 aromatic carbocycles. The second kappa shape index (κ2) is 4.92. The molecule has 0 fully saturated rings. The number of anilines is 1. The fourth-order valence-electron chi connectivity index (χ4n) is 0.679. The zero-order valence-corrected chi connectivity index (χ0v) is 9.64. The van der Waals surface area contributed by atoms with Crippen LogP contribution in [0.15, 0.2) is 24.3 Å². The van der Waals surface area contributed by atoms with Crippen molar-refractivity contribution < 1.29 is 46.9 Å². The average Bonchev–Trinajstić information content (AvgIpc) is 1.91. The minimum atomic E-state index is -4.64. The summed E-state index contributed by atoms with van der Waals surface area (Å²) < 4.78 is 44.5. The first kappa shape index (κ1) is 12.9. The minimum Gasteiger partial charge on any atom is -0.731 e. The Kier molecular flexibility index (Phi) is 4.87. The van der Waals surface area contributed by atoms with E-state index in [1.807, 2.05) is 0 Å². The van der Waals surface area contributed by atoms with Crippen LogP contribution in [0.2, 0.25) is 0 Å². The van der Waals surface area contributed by atoms with Crippen LogP contribution in [-0.4, -0.2) is 13.0 Å². The Hall–Kier alpha value is -0.140. The van der Waals surface area contributed by atoms with Gasteiger partial charge in [0, 0.05) is 0 Å². The topological polar surface area (TPSA) is 69.2 Å². The summed E-state index contributed by atoms with van der Waals surface area (Å²) in [4.78, 5) is 0. The Morgan fingerprint density at radius 1 is 1.31 bits per heavy atom. The summed E-state index contributed by atoms with van der Waals surface area (Å²) in [6, 6.07) is 5.01. The van der Waals surface area contributed by atoms with Crippen molar-refractivity contribution in [2.75, 3.05) is 4.72 Å². The first-order chi connectivity index (χ1) is 5.49. The standard InChI is InChI=1S/C6H6FNO3S.Na/c7-5-3-1-2-4-6(5)8-12(9,10)11;/h1-4,8H,(H,9,10,11);/q;+1/p-1. The summed E-state index contributed by atoms with van der Waals surface area (Å²) in [6.07, 6.45) is 0. The van der Waals surface area contributed by atoms with E-state index in [1.54, 1.807) is 0 Å². The Morgan fingerprint density at radius 2 is 1.85 bits per heavy atom. The molecule has 0 atom stereocenters. The van der Waals surface area contributed by atoms with Gasteiger partial charge in [0.2, 0.25) is 0 Å². The fraction of sp³-hybridized carbons (Fsp3) is 0. The van der Waals surface area contributed by atoms with E-state index in [1.165, 1.54) is 16.9 Å². The van der Waals surface area contributed by atoms with E-state index >= 15 is 0 Å². The molecule has 0 spiro atoms. The maximum atomic E-state index is 12.7. The van der Waals surface area contributed by atoms with Gasteiger partial charge in [0.15, 0.2) is 10.3 Å². The molecule has 1 N–H and O–H groups in total. The largest absolute Gasteiger partial charge is 1.00 e. The number of rotatable bonds is 2. The van der Waals surface area contributed by atoms with E-state index in [4.69, 9.17) is 0 Å². The predicted octanol–water partition coefficient (Wildman–Crippen LogP) is -2.30. The second-order valence-corrected chi connectivity index (χ2v) is 3.15. The molecule has 13 heavy (non-hydrogen) atoms. The molecule has 0 aromatic heterocycles. The summed E-state index contributed by atoms with van der Waals surface area (Å²) in [7, 11) is -4.64. The predicted molar refractivity (Wildman–Crippen MR) is 39.7 cm³/mol. The molecule has 66 valence electrons. The summed E-state index contributed by atoms with van der Waals surface area (Å²) in [5.74, 6) is -0.781. The molecule has 7 heteroatoms. The summed E-state index contributed by atoms with van der Waals surface area (Å²) in [5, 5.41) is 0. The van der Waals surface area contributed by atoms with Gasteiger partial charge in [0.05, 0.1) is 5.69 Å². The van der Waals surface area contributed by atoms with Crippen LogP contribution in [-0.2, 0) is 10.3 Å². The van der Waals surface area contributed by atoms with Crippen molar-refractivity contribution in [3.8, 4) is 0 Å². The zero-order chi connectivity index (χ0) is 9.19. The van der Waals surface area contributed by atoms with Crippen molar-refractivity contribution in [1.29, 1.82) is 0 Å². The molecule has 0 unspecified atom stereocenters. The number of benzene rings is 1. The SMILES string of the molecule is O=S(=O)([O-])Nc1ccccc1F.[Na+]. The summed E-state index contributed by atoms with van der Waals surface area (Å²) in [5.41, 5.74) is -0.340. The van der Waals surface area contributed by atoms with Gasteiger partial charge in [-0.3, -0.25) is 4.72 Å². The monoisotopic (exact) mass is 213 g/mol. The molecule has 0 amide bonds. The van der Waals surface area contributed by atoms with Crippen molar-refractivity contribution in [2.45, 2.75) is 0 Å². The van der Waals surface area contributed by atoms with Gasteiger partial charge >= 0.3 is 29.6 Å². The molecule has 1 aromatic rings. The van der Waals surface area contributed by atoms with Crippen LogP contribution < -0.4 is 34.3 Å². The van der Waals surface area contributed by atoms with Crippen LogP contribution in [0.25, 0.3) is 0 Å². The van der Waals surface area contributed by atoms with Crippen LogP contribution >= 0.6 is 0 Å². The van der Waals surface area contributed by atoms with Crippen LogP contribution in [0.1, 0.15) is 0 Å². The molecule has 0 saturated carbocycles. The minimum absolute atomic E-state index is 0. The quantitative estimate of drug-likeness (QED) is 0.444. The normalized spacial score (nSPS) is 10.3. The van der Waals surface area contributed by atoms with Crippen LogP contribution in [0.3, 0.4) is 0 Å². The molecule has 0 bridgehead atoms. The molecular formula is C6H5FNNaO3S. The molecule has 0 radical (unpaired) electrons. The van der Waals surface area contributed by atoms with Gasteiger partial charge in [0.25, 0.3) is 0 Å². The Morgan fingerprint density at radius 3 is 2.31 bits per heavy atom. The van der Waals surface area contributed by atoms with Gasteiger partial charge in [0.1, 0.15) is 5.82 Å². The van der Waals surface area contributed by atoms with Crippen LogP contribution in [0.4, 0.5) is 10.1 Å². The van der Waals surface area contributed by atoms with E-state index in [0.29, 0.717) is 0 Å². The van der Waals surface area contributed by atoms with Crippen molar-refractivity contribution in [3.05, 3.63) is 30.1 Å².